The van der Waals surface area contributed by atoms with Crippen molar-refractivity contribution in [1.82, 2.24) is 15.1 Å². The lowest BCUT2D eigenvalue weighted by Gasteiger charge is -2.29. The van der Waals surface area contributed by atoms with Gasteiger partial charge in [-0.3, -0.25) is 10.1 Å². The van der Waals surface area contributed by atoms with Crippen LogP contribution in [-0.4, -0.2) is 47.9 Å². The van der Waals surface area contributed by atoms with Gasteiger partial charge in [-0.2, -0.15) is 11.3 Å². The zero-order valence-electron chi connectivity index (χ0n) is 12.9. The maximum Gasteiger partial charge on any atom is 0.241 e. The Morgan fingerprint density at radius 3 is 2.86 bits per heavy atom. The zero-order chi connectivity index (χ0) is 14.8. The Morgan fingerprint density at radius 2 is 2.19 bits per heavy atom. The second-order valence-electron chi connectivity index (χ2n) is 6.30. The predicted molar refractivity (Wildman–Crippen MR) is 86.3 cm³/mol. The molecular weight excluding hydrogens is 282 g/mol. The van der Waals surface area contributed by atoms with Crippen LogP contribution in [0, 0.1) is 0 Å². The molecule has 1 aliphatic carbocycles. The van der Waals surface area contributed by atoms with Crippen LogP contribution in [0.5, 0.6) is 0 Å². The summed E-state index contributed by atoms with van der Waals surface area (Å²) in [6.45, 7) is 3.73. The van der Waals surface area contributed by atoms with Crippen molar-refractivity contribution >= 4 is 17.2 Å². The highest BCUT2D eigenvalue weighted by atomic mass is 32.1. The van der Waals surface area contributed by atoms with Gasteiger partial charge in [0.1, 0.15) is 6.17 Å². The largest absolute Gasteiger partial charge is 0.320 e. The van der Waals surface area contributed by atoms with Crippen molar-refractivity contribution in [2.24, 2.45) is 0 Å². The molecule has 1 aromatic heterocycles. The van der Waals surface area contributed by atoms with Crippen molar-refractivity contribution in [2.75, 3.05) is 20.1 Å². The molecule has 1 amide bonds. The predicted octanol–water partition coefficient (Wildman–Crippen LogP) is 2.44. The SMILES string of the molecule is CC1NC(c2ccsc2)N(CCN(C)C2CCCC2)C1=O. The highest BCUT2D eigenvalue weighted by Gasteiger charge is 2.37. The number of hydrogen-bond donors (Lipinski definition) is 1. The number of amides is 1. The summed E-state index contributed by atoms with van der Waals surface area (Å²) in [4.78, 5) is 16.8. The van der Waals surface area contributed by atoms with Crippen molar-refractivity contribution in [3.05, 3.63) is 22.4 Å². The number of nitrogens with one attached hydrogen (secondary N) is 1. The van der Waals surface area contributed by atoms with Crippen LogP contribution in [0.2, 0.25) is 0 Å². The molecule has 2 fully saturated rings. The summed E-state index contributed by atoms with van der Waals surface area (Å²) in [5, 5.41) is 7.63. The summed E-state index contributed by atoms with van der Waals surface area (Å²) in [5.41, 5.74) is 1.21. The molecule has 1 saturated carbocycles. The van der Waals surface area contributed by atoms with Crippen LogP contribution in [0.1, 0.15) is 44.3 Å². The molecule has 5 heteroatoms. The van der Waals surface area contributed by atoms with Crippen LogP contribution < -0.4 is 5.32 Å². The van der Waals surface area contributed by atoms with Crippen LogP contribution in [-0.2, 0) is 4.79 Å². The Hall–Kier alpha value is -0.910. The van der Waals surface area contributed by atoms with Crippen LogP contribution in [0.3, 0.4) is 0 Å². The lowest BCUT2D eigenvalue weighted by Crippen LogP contribution is -2.40. The highest BCUT2D eigenvalue weighted by molar-refractivity contribution is 7.07. The van der Waals surface area contributed by atoms with Gasteiger partial charge in [-0.25, -0.2) is 0 Å². The Balaban J connectivity index is 1.62. The molecule has 2 unspecified atom stereocenters. The van der Waals surface area contributed by atoms with E-state index < -0.39 is 0 Å². The summed E-state index contributed by atoms with van der Waals surface area (Å²) < 4.78 is 0. The number of thiophene rings is 1. The lowest BCUT2D eigenvalue weighted by molar-refractivity contribution is -0.130. The second kappa shape index (κ2) is 6.46. The van der Waals surface area contributed by atoms with Crippen LogP contribution >= 0.6 is 11.3 Å². The van der Waals surface area contributed by atoms with E-state index in [4.69, 9.17) is 0 Å². The average Bonchev–Trinajstić information content (AvgIpc) is 3.20. The molecule has 4 nitrogen and oxygen atoms in total. The van der Waals surface area contributed by atoms with Crippen molar-refractivity contribution < 1.29 is 4.79 Å². The summed E-state index contributed by atoms with van der Waals surface area (Å²) in [5.74, 6) is 0.228. The molecule has 3 rings (SSSR count). The quantitative estimate of drug-likeness (QED) is 0.907. The van der Waals surface area contributed by atoms with E-state index in [-0.39, 0.29) is 18.1 Å². The molecule has 2 atom stereocenters. The maximum absolute atomic E-state index is 12.4. The van der Waals surface area contributed by atoms with Gasteiger partial charge in [-0.15, -0.1) is 0 Å². The zero-order valence-corrected chi connectivity index (χ0v) is 13.7. The minimum absolute atomic E-state index is 0.0516. The molecular formula is C16H25N3OS. The fourth-order valence-corrected chi connectivity index (χ4v) is 4.19. The number of likely N-dealkylation sites (N-methyl/N-ethyl adjacent to an activating group) is 1. The van der Waals surface area contributed by atoms with Gasteiger partial charge >= 0.3 is 0 Å². The summed E-state index contributed by atoms with van der Waals surface area (Å²) in [6.07, 6.45) is 5.39. The molecule has 0 spiro atoms. The highest BCUT2D eigenvalue weighted by Crippen LogP contribution is 2.27. The molecule has 1 saturated heterocycles. The number of carbonyl (C=O) groups is 1. The van der Waals surface area contributed by atoms with E-state index in [0.29, 0.717) is 6.04 Å². The molecule has 0 radical (unpaired) electrons. The fourth-order valence-electron chi connectivity index (χ4n) is 3.51. The third-order valence-corrected chi connectivity index (χ3v) is 5.58. The van der Waals surface area contributed by atoms with E-state index in [2.05, 4.69) is 34.1 Å². The molecule has 0 aromatic carbocycles. The molecule has 116 valence electrons. The van der Waals surface area contributed by atoms with Gasteiger partial charge in [0.2, 0.25) is 5.91 Å². The first kappa shape index (κ1) is 15.0. The van der Waals surface area contributed by atoms with E-state index in [1.54, 1.807) is 11.3 Å². The number of hydrogen-bond acceptors (Lipinski definition) is 4. The van der Waals surface area contributed by atoms with Crippen molar-refractivity contribution in [2.45, 2.75) is 50.9 Å². The van der Waals surface area contributed by atoms with Gasteiger partial charge in [0.15, 0.2) is 0 Å². The monoisotopic (exact) mass is 307 g/mol. The van der Waals surface area contributed by atoms with Gasteiger partial charge in [0.05, 0.1) is 6.04 Å². The molecule has 2 aliphatic rings. The van der Waals surface area contributed by atoms with E-state index in [1.807, 2.05) is 11.8 Å². The normalized spacial score (nSPS) is 27.2. The minimum Gasteiger partial charge on any atom is -0.320 e. The van der Waals surface area contributed by atoms with Crippen LogP contribution in [0.4, 0.5) is 0 Å². The van der Waals surface area contributed by atoms with E-state index >= 15 is 0 Å². The molecule has 0 bridgehead atoms. The van der Waals surface area contributed by atoms with Gasteiger partial charge in [0, 0.05) is 19.1 Å². The third kappa shape index (κ3) is 3.15. The van der Waals surface area contributed by atoms with Gasteiger partial charge < -0.3 is 9.80 Å². The minimum atomic E-state index is -0.0771. The standard InChI is InChI=1S/C16H25N3OS/c1-12-16(20)19(15(17-12)13-7-10-21-11-13)9-8-18(2)14-5-3-4-6-14/h7,10-12,14-15,17H,3-6,8-9H2,1-2H3. The first-order valence-corrected chi connectivity index (χ1v) is 8.90. The van der Waals surface area contributed by atoms with Gasteiger partial charge in [-0.1, -0.05) is 12.8 Å². The maximum atomic E-state index is 12.4. The van der Waals surface area contributed by atoms with Gasteiger partial charge in [0.25, 0.3) is 0 Å². The van der Waals surface area contributed by atoms with E-state index in [0.717, 1.165) is 13.1 Å². The van der Waals surface area contributed by atoms with Crippen LogP contribution in [0.15, 0.2) is 16.8 Å². The summed E-state index contributed by atoms with van der Waals surface area (Å²) in [7, 11) is 2.20. The number of rotatable bonds is 5. The van der Waals surface area contributed by atoms with Crippen molar-refractivity contribution in [3.8, 4) is 0 Å². The Bertz CT molecular complexity index is 470. The molecule has 1 aliphatic heterocycles. The smallest absolute Gasteiger partial charge is 0.241 e. The first-order chi connectivity index (χ1) is 10.2. The summed E-state index contributed by atoms with van der Waals surface area (Å²) >= 11 is 1.69. The fraction of sp³-hybridized carbons (Fsp3) is 0.688. The molecule has 1 aromatic rings. The Labute approximate surface area is 131 Å². The Morgan fingerprint density at radius 1 is 1.43 bits per heavy atom. The van der Waals surface area contributed by atoms with E-state index in [1.165, 1.54) is 31.2 Å². The molecule has 2 heterocycles. The second-order valence-corrected chi connectivity index (χ2v) is 7.08. The van der Waals surface area contributed by atoms with Gasteiger partial charge in [-0.05, 0) is 49.2 Å². The topological polar surface area (TPSA) is 35.6 Å². The molecule has 1 N–H and O–H groups in total. The third-order valence-electron chi connectivity index (χ3n) is 4.87. The molecule has 21 heavy (non-hydrogen) atoms. The van der Waals surface area contributed by atoms with Crippen molar-refractivity contribution in [1.29, 1.82) is 0 Å². The number of nitrogens with zero attached hydrogens (tertiary/aromatic N) is 2. The Kier molecular flexibility index (Phi) is 4.62. The lowest BCUT2D eigenvalue weighted by atomic mass is 10.2. The average molecular weight is 307 g/mol. The first-order valence-electron chi connectivity index (χ1n) is 7.95. The number of carbonyl (C=O) groups excluding carboxylic acids is 1. The van der Waals surface area contributed by atoms with E-state index in [9.17, 15) is 4.79 Å². The summed E-state index contributed by atoms with van der Waals surface area (Å²) in [6, 6.07) is 2.75. The van der Waals surface area contributed by atoms with Crippen LogP contribution in [0.25, 0.3) is 0 Å². The van der Waals surface area contributed by atoms with Crippen molar-refractivity contribution in [3.63, 3.8) is 0 Å².